The largest absolute Gasteiger partial charge is 0.355 e. The molecule has 1 aromatic rings. The molecule has 2 N–H and O–H groups in total. The molecule has 0 aliphatic carbocycles. The molecule has 0 radical (unpaired) electrons. The number of amides is 1. The smallest absolute Gasteiger partial charge is 0.230 e. The predicted octanol–water partition coefficient (Wildman–Crippen LogP) is 1.51. The number of carbonyl (C=O) groups excluding carboxylic acids is 1. The fraction of sp³-hybridized carbons (Fsp3) is 0.700. The SMILES string of the molecule is CCCCCNC(=O)CSc1n[nH]c(C)n1. The molecular formula is C10H18N4OS. The molecule has 0 spiro atoms. The van der Waals surface area contributed by atoms with E-state index in [1.54, 1.807) is 0 Å². The highest BCUT2D eigenvalue weighted by atomic mass is 32.2. The van der Waals surface area contributed by atoms with Gasteiger partial charge in [-0.05, 0) is 13.3 Å². The lowest BCUT2D eigenvalue weighted by Gasteiger charge is -2.02. The van der Waals surface area contributed by atoms with Crippen LogP contribution in [-0.2, 0) is 4.79 Å². The first-order valence-corrected chi connectivity index (χ1v) is 6.49. The van der Waals surface area contributed by atoms with Crippen molar-refractivity contribution in [3.05, 3.63) is 5.82 Å². The minimum Gasteiger partial charge on any atom is -0.355 e. The van der Waals surface area contributed by atoms with Crippen LogP contribution in [0.15, 0.2) is 5.16 Å². The Balaban J connectivity index is 2.10. The van der Waals surface area contributed by atoms with Gasteiger partial charge in [0.15, 0.2) is 0 Å². The molecule has 0 unspecified atom stereocenters. The summed E-state index contributed by atoms with van der Waals surface area (Å²) in [5.41, 5.74) is 0. The van der Waals surface area contributed by atoms with E-state index >= 15 is 0 Å². The van der Waals surface area contributed by atoms with Gasteiger partial charge in [0.25, 0.3) is 0 Å². The van der Waals surface area contributed by atoms with Crippen LogP contribution in [0.4, 0.5) is 0 Å². The number of unbranched alkanes of at least 4 members (excludes halogenated alkanes) is 2. The number of nitrogens with zero attached hydrogens (tertiary/aromatic N) is 2. The average Bonchev–Trinajstić information content (AvgIpc) is 2.68. The maximum absolute atomic E-state index is 11.4. The molecule has 0 atom stereocenters. The van der Waals surface area contributed by atoms with E-state index in [0.29, 0.717) is 10.9 Å². The van der Waals surface area contributed by atoms with Gasteiger partial charge < -0.3 is 5.32 Å². The lowest BCUT2D eigenvalue weighted by atomic mass is 10.2. The summed E-state index contributed by atoms with van der Waals surface area (Å²) in [6.45, 7) is 4.74. The number of rotatable bonds is 7. The van der Waals surface area contributed by atoms with Gasteiger partial charge in [0.2, 0.25) is 11.1 Å². The van der Waals surface area contributed by atoms with E-state index in [9.17, 15) is 4.79 Å². The van der Waals surface area contributed by atoms with E-state index in [1.807, 2.05) is 6.92 Å². The third-order valence-corrected chi connectivity index (χ3v) is 2.86. The van der Waals surface area contributed by atoms with Crippen LogP contribution < -0.4 is 5.32 Å². The Morgan fingerprint density at radius 1 is 1.50 bits per heavy atom. The fourth-order valence-electron chi connectivity index (χ4n) is 1.17. The van der Waals surface area contributed by atoms with Gasteiger partial charge in [0.05, 0.1) is 5.75 Å². The summed E-state index contributed by atoms with van der Waals surface area (Å²) >= 11 is 1.35. The molecule has 0 saturated heterocycles. The van der Waals surface area contributed by atoms with Crippen molar-refractivity contribution in [2.24, 2.45) is 0 Å². The molecule has 1 heterocycles. The molecule has 1 aromatic heterocycles. The fourth-order valence-corrected chi connectivity index (χ4v) is 1.84. The third kappa shape index (κ3) is 5.16. The summed E-state index contributed by atoms with van der Waals surface area (Å²) in [5.74, 6) is 1.19. The van der Waals surface area contributed by atoms with Crippen LogP contribution in [0.5, 0.6) is 0 Å². The third-order valence-electron chi connectivity index (χ3n) is 2.01. The second-order valence-electron chi connectivity index (χ2n) is 3.55. The molecule has 0 saturated carbocycles. The van der Waals surface area contributed by atoms with Crippen LogP contribution in [-0.4, -0.2) is 33.4 Å². The van der Waals surface area contributed by atoms with Gasteiger partial charge in [0, 0.05) is 6.54 Å². The van der Waals surface area contributed by atoms with Crippen LogP contribution in [0.1, 0.15) is 32.0 Å². The molecule has 5 nitrogen and oxygen atoms in total. The number of nitrogens with one attached hydrogen (secondary N) is 2. The number of thioether (sulfide) groups is 1. The lowest BCUT2D eigenvalue weighted by Crippen LogP contribution is -2.26. The zero-order chi connectivity index (χ0) is 11.8. The van der Waals surface area contributed by atoms with Gasteiger partial charge in [-0.1, -0.05) is 31.5 Å². The van der Waals surface area contributed by atoms with Crippen molar-refractivity contribution in [1.29, 1.82) is 0 Å². The van der Waals surface area contributed by atoms with Gasteiger partial charge >= 0.3 is 0 Å². The molecule has 0 bridgehead atoms. The summed E-state index contributed by atoms with van der Waals surface area (Å²) in [4.78, 5) is 15.5. The van der Waals surface area contributed by atoms with Gasteiger partial charge in [0.1, 0.15) is 5.82 Å². The maximum Gasteiger partial charge on any atom is 0.230 e. The molecule has 0 fully saturated rings. The van der Waals surface area contributed by atoms with E-state index < -0.39 is 0 Å². The van der Waals surface area contributed by atoms with Crippen LogP contribution >= 0.6 is 11.8 Å². The zero-order valence-corrected chi connectivity index (χ0v) is 10.6. The minimum atomic E-state index is 0.0450. The van der Waals surface area contributed by atoms with Gasteiger partial charge in [-0.25, -0.2) is 4.98 Å². The van der Waals surface area contributed by atoms with Gasteiger partial charge in [-0.3, -0.25) is 9.89 Å². The summed E-state index contributed by atoms with van der Waals surface area (Å²) < 4.78 is 0. The summed E-state index contributed by atoms with van der Waals surface area (Å²) in [6.07, 6.45) is 3.38. The second-order valence-corrected chi connectivity index (χ2v) is 4.49. The van der Waals surface area contributed by atoms with E-state index in [2.05, 4.69) is 27.4 Å². The Kier molecular flexibility index (Phi) is 5.92. The zero-order valence-electron chi connectivity index (χ0n) is 9.75. The monoisotopic (exact) mass is 242 g/mol. The quantitative estimate of drug-likeness (QED) is 0.561. The first kappa shape index (κ1) is 13.0. The van der Waals surface area contributed by atoms with E-state index in [4.69, 9.17) is 0 Å². The second kappa shape index (κ2) is 7.27. The van der Waals surface area contributed by atoms with Crippen molar-refractivity contribution in [1.82, 2.24) is 20.5 Å². The van der Waals surface area contributed by atoms with Crippen LogP contribution in [0.2, 0.25) is 0 Å². The van der Waals surface area contributed by atoms with Crippen molar-refractivity contribution >= 4 is 17.7 Å². The van der Waals surface area contributed by atoms with E-state index in [1.165, 1.54) is 18.2 Å². The highest BCUT2D eigenvalue weighted by Crippen LogP contribution is 2.10. The Labute approximate surface area is 99.8 Å². The first-order chi connectivity index (χ1) is 7.72. The molecule has 0 aliphatic rings. The van der Waals surface area contributed by atoms with Gasteiger partial charge in [-0.15, -0.1) is 5.10 Å². The van der Waals surface area contributed by atoms with Crippen molar-refractivity contribution in [2.75, 3.05) is 12.3 Å². The molecule has 16 heavy (non-hydrogen) atoms. The first-order valence-electron chi connectivity index (χ1n) is 5.51. The number of carbonyl (C=O) groups is 1. The Bertz CT molecular complexity index is 326. The highest BCUT2D eigenvalue weighted by Gasteiger charge is 2.05. The van der Waals surface area contributed by atoms with Crippen molar-refractivity contribution in [2.45, 2.75) is 38.3 Å². The van der Waals surface area contributed by atoms with Crippen molar-refractivity contribution < 1.29 is 4.79 Å². The minimum absolute atomic E-state index is 0.0450. The maximum atomic E-state index is 11.4. The number of aryl methyl sites for hydroxylation is 1. The topological polar surface area (TPSA) is 70.7 Å². The molecular weight excluding hydrogens is 224 g/mol. The molecule has 0 aliphatic heterocycles. The molecule has 90 valence electrons. The number of hydrogen-bond acceptors (Lipinski definition) is 4. The van der Waals surface area contributed by atoms with Gasteiger partial charge in [-0.2, -0.15) is 0 Å². The van der Waals surface area contributed by atoms with E-state index in [-0.39, 0.29) is 5.91 Å². The number of aromatic amines is 1. The summed E-state index contributed by atoms with van der Waals surface area (Å²) in [5, 5.41) is 10.2. The summed E-state index contributed by atoms with van der Waals surface area (Å²) in [7, 11) is 0. The molecule has 1 rings (SSSR count). The van der Waals surface area contributed by atoms with Crippen LogP contribution in [0.25, 0.3) is 0 Å². The summed E-state index contributed by atoms with van der Waals surface area (Å²) in [6, 6.07) is 0. The Morgan fingerprint density at radius 2 is 2.31 bits per heavy atom. The van der Waals surface area contributed by atoms with Crippen LogP contribution in [0, 0.1) is 6.92 Å². The molecule has 0 aromatic carbocycles. The average molecular weight is 242 g/mol. The lowest BCUT2D eigenvalue weighted by molar-refractivity contribution is -0.118. The Hall–Kier alpha value is -1.04. The molecule has 6 heteroatoms. The van der Waals surface area contributed by atoms with E-state index in [0.717, 1.165) is 25.2 Å². The van der Waals surface area contributed by atoms with Crippen LogP contribution in [0.3, 0.4) is 0 Å². The van der Waals surface area contributed by atoms with Crippen molar-refractivity contribution in [3.8, 4) is 0 Å². The standard InChI is InChI=1S/C10H18N4OS/c1-3-4-5-6-11-9(15)7-16-10-12-8(2)13-14-10/h3-7H2,1-2H3,(H,11,15)(H,12,13,14). The predicted molar refractivity (Wildman–Crippen MR) is 64.4 cm³/mol. The highest BCUT2D eigenvalue weighted by molar-refractivity contribution is 7.99. The number of aromatic nitrogens is 3. The number of hydrogen-bond donors (Lipinski definition) is 2. The molecule has 1 amide bonds. The van der Waals surface area contributed by atoms with Crippen molar-refractivity contribution in [3.63, 3.8) is 0 Å². The Morgan fingerprint density at radius 3 is 2.94 bits per heavy atom. The normalized spacial score (nSPS) is 10.4. The number of H-pyrrole nitrogens is 1.